The number of carbonyl (C=O) groups is 1. The van der Waals surface area contributed by atoms with Crippen LogP contribution in [0.2, 0.25) is 0 Å². The van der Waals surface area contributed by atoms with Crippen molar-refractivity contribution in [2.75, 3.05) is 0 Å². The summed E-state index contributed by atoms with van der Waals surface area (Å²) >= 11 is 0. The molecule has 5 aliphatic rings. The van der Waals surface area contributed by atoms with Crippen LogP contribution in [0.15, 0.2) is 11.6 Å². The van der Waals surface area contributed by atoms with E-state index in [1.807, 2.05) is 0 Å². The molecule has 0 aromatic rings. The minimum absolute atomic E-state index is 0.336. The number of carbonyl (C=O) groups excluding carboxylic acids is 1. The highest BCUT2D eigenvalue weighted by Crippen LogP contribution is 2.88. The molecule has 0 N–H and O–H groups in total. The first-order valence-corrected chi connectivity index (χ1v) is 13.7. The second-order valence-corrected chi connectivity index (χ2v) is 13.8. The highest BCUT2D eigenvalue weighted by molar-refractivity contribution is 5.82. The Balaban J connectivity index is 1.40. The van der Waals surface area contributed by atoms with Crippen LogP contribution >= 0.6 is 0 Å². The van der Waals surface area contributed by atoms with Crippen molar-refractivity contribution >= 4 is 5.78 Å². The number of ketones is 1. The SMILES string of the molecule is C/C(=C\C[C@@H](C)[C@H]1CC[C@@]2(C)[C@@H]3CC[C@H]4[C@H](C)C(=O)CC[C@@]45C[C@@]35CC[C@]12C)C(C)C. The van der Waals surface area contributed by atoms with E-state index in [1.165, 1.54) is 57.8 Å². The van der Waals surface area contributed by atoms with Crippen LogP contribution in [-0.4, -0.2) is 5.78 Å². The van der Waals surface area contributed by atoms with Crippen molar-refractivity contribution in [1.82, 2.24) is 0 Å². The van der Waals surface area contributed by atoms with Gasteiger partial charge < -0.3 is 0 Å². The Morgan fingerprint density at radius 1 is 1.00 bits per heavy atom. The molecule has 2 spiro atoms. The van der Waals surface area contributed by atoms with Crippen LogP contribution in [0.25, 0.3) is 0 Å². The lowest BCUT2D eigenvalue weighted by molar-refractivity contribution is -0.146. The van der Waals surface area contributed by atoms with Crippen LogP contribution in [0.5, 0.6) is 0 Å². The zero-order valence-corrected chi connectivity index (χ0v) is 21.5. The van der Waals surface area contributed by atoms with Gasteiger partial charge in [0.05, 0.1) is 0 Å². The van der Waals surface area contributed by atoms with E-state index in [0.29, 0.717) is 45.2 Å². The summed E-state index contributed by atoms with van der Waals surface area (Å²) in [6.45, 7) is 17.2. The van der Waals surface area contributed by atoms with Gasteiger partial charge >= 0.3 is 0 Å². The maximum atomic E-state index is 12.5. The van der Waals surface area contributed by atoms with Gasteiger partial charge in [-0.1, -0.05) is 53.2 Å². The molecule has 1 heteroatoms. The summed E-state index contributed by atoms with van der Waals surface area (Å²) in [5.41, 5.74) is 3.74. The van der Waals surface area contributed by atoms with Crippen LogP contribution in [0, 0.1) is 57.2 Å². The summed E-state index contributed by atoms with van der Waals surface area (Å²) in [5, 5.41) is 0. The molecule has 5 aliphatic carbocycles. The number of Topliss-reactive ketones (excluding diaryl/α,β-unsaturated/α-hetero) is 1. The first-order chi connectivity index (χ1) is 14.5. The topological polar surface area (TPSA) is 17.1 Å². The standard InChI is InChI=1S/C30H48O/c1-19(2)20(3)8-9-21(4)23-12-14-28(7)26-11-10-24-22(5)25(31)13-15-29(24)18-30(26,29)17-16-27(23,28)6/h8,19,21-24,26H,9-18H2,1-7H3/b20-8+/t21-,22+,23-,24+,26+,27-,28+,29-,30+/m1/s1. The molecule has 0 bridgehead atoms. The van der Waals surface area contributed by atoms with E-state index < -0.39 is 0 Å². The van der Waals surface area contributed by atoms with Gasteiger partial charge in [0, 0.05) is 12.3 Å². The smallest absolute Gasteiger partial charge is 0.136 e. The average Bonchev–Trinajstić information content (AvgIpc) is 3.31. The third kappa shape index (κ3) is 2.70. The van der Waals surface area contributed by atoms with Gasteiger partial charge in [0.25, 0.3) is 0 Å². The van der Waals surface area contributed by atoms with Gasteiger partial charge in [-0.25, -0.2) is 0 Å². The fourth-order valence-electron chi connectivity index (χ4n) is 10.6. The zero-order valence-electron chi connectivity index (χ0n) is 21.5. The van der Waals surface area contributed by atoms with E-state index in [0.717, 1.165) is 24.2 Å². The van der Waals surface area contributed by atoms with E-state index in [2.05, 4.69) is 54.5 Å². The van der Waals surface area contributed by atoms with Crippen LogP contribution in [0.1, 0.15) is 113 Å². The fourth-order valence-corrected chi connectivity index (χ4v) is 10.6. The van der Waals surface area contributed by atoms with Crippen molar-refractivity contribution < 1.29 is 4.79 Å². The number of allylic oxidation sites excluding steroid dienone is 2. The Hall–Kier alpha value is -0.590. The maximum absolute atomic E-state index is 12.5. The van der Waals surface area contributed by atoms with E-state index in [-0.39, 0.29) is 0 Å². The van der Waals surface area contributed by atoms with E-state index in [9.17, 15) is 4.79 Å². The van der Waals surface area contributed by atoms with Gasteiger partial charge in [-0.15, -0.1) is 0 Å². The number of fused-ring (bicyclic) bond motifs is 2. The molecule has 0 saturated heterocycles. The molecular formula is C30H48O. The molecule has 9 atom stereocenters. The summed E-state index contributed by atoms with van der Waals surface area (Å²) < 4.78 is 0. The van der Waals surface area contributed by atoms with Crippen LogP contribution in [0.3, 0.4) is 0 Å². The predicted octanol–water partition coefficient (Wildman–Crippen LogP) is 8.23. The largest absolute Gasteiger partial charge is 0.299 e. The first-order valence-electron chi connectivity index (χ1n) is 13.7. The molecule has 0 heterocycles. The number of hydrogen-bond acceptors (Lipinski definition) is 1. The molecule has 0 aromatic carbocycles. The molecule has 31 heavy (non-hydrogen) atoms. The van der Waals surface area contributed by atoms with Gasteiger partial charge in [-0.3, -0.25) is 4.79 Å². The van der Waals surface area contributed by atoms with Crippen molar-refractivity contribution in [3.05, 3.63) is 11.6 Å². The molecule has 0 aromatic heterocycles. The summed E-state index contributed by atoms with van der Waals surface area (Å²) in [6.07, 6.45) is 15.9. The third-order valence-corrected chi connectivity index (χ3v) is 12.9. The first kappa shape index (κ1) is 22.2. The predicted molar refractivity (Wildman–Crippen MR) is 130 cm³/mol. The highest BCUT2D eigenvalue weighted by atomic mass is 16.1. The van der Waals surface area contributed by atoms with Gasteiger partial charge in [-0.05, 0) is 116 Å². The van der Waals surface area contributed by atoms with Crippen molar-refractivity contribution in [1.29, 1.82) is 0 Å². The number of rotatable bonds is 4. The maximum Gasteiger partial charge on any atom is 0.136 e. The second-order valence-electron chi connectivity index (χ2n) is 13.8. The molecule has 5 saturated carbocycles. The van der Waals surface area contributed by atoms with E-state index in [1.54, 1.807) is 5.57 Å². The quantitative estimate of drug-likeness (QED) is 0.415. The molecule has 0 radical (unpaired) electrons. The lowest BCUT2D eigenvalue weighted by atomic mass is 9.43. The molecule has 174 valence electrons. The van der Waals surface area contributed by atoms with Crippen molar-refractivity contribution in [3.8, 4) is 0 Å². The van der Waals surface area contributed by atoms with Gasteiger partial charge in [0.1, 0.15) is 5.78 Å². The number of hydrogen-bond donors (Lipinski definition) is 0. The third-order valence-electron chi connectivity index (χ3n) is 12.9. The van der Waals surface area contributed by atoms with Crippen molar-refractivity contribution in [2.24, 2.45) is 57.2 Å². The Labute approximate surface area is 192 Å². The molecule has 5 rings (SSSR count). The zero-order chi connectivity index (χ0) is 22.4. The fraction of sp³-hybridized carbons (Fsp3) is 0.900. The highest BCUT2D eigenvalue weighted by Gasteiger charge is 2.81. The Kier molecular flexibility index (Phi) is 4.99. The van der Waals surface area contributed by atoms with E-state index in [4.69, 9.17) is 0 Å². The van der Waals surface area contributed by atoms with Crippen LogP contribution < -0.4 is 0 Å². The lowest BCUT2D eigenvalue weighted by Gasteiger charge is -2.61. The summed E-state index contributed by atoms with van der Waals surface area (Å²) in [5.74, 6) is 4.89. The van der Waals surface area contributed by atoms with Crippen molar-refractivity contribution in [2.45, 2.75) is 113 Å². The molecule has 0 unspecified atom stereocenters. The normalized spacial score (nSPS) is 52.3. The Morgan fingerprint density at radius 2 is 1.74 bits per heavy atom. The molecular weight excluding hydrogens is 376 g/mol. The summed E-state index contributed by atoms with van der Waals surface area (Å²) in [4.78, 5) is 12.5. The molecule has 0 amide bonds. The summed E-state index contributed by atoms with van der Waals surface area (Å²) in [7, 11) is 0. The summed E-state index contributed by atoms with van der Waals surface area (Å²) in [6, 6.07) is 0. The van der Waals surface area contributed by atoms with Gasteiger partial charge in [0.2, 0.25) is 0 Å². The van der Waals surface area contributed by atoms with E-state index >= 15 is 0 Å². The second kappa shape index (κ2) is 6.96. The Bertz CT molecular complexity index is 792. The van der Waals surface area contributed by atoms with Gasteiger partial charge in [-0.2, -0.15) is 0 Å². The molecule has 0 aliphatic heterocycles. The monoisotopic (exact) mass is 424 g/mol. The van der Waals surface area contributed by atoms with Gasteiger partial charge in [0.15, 0.2) is 0 Å². The van der Waals surface area contributed by atoms with Crippen LogP contribution in [-0.2, 0) is 4.79 Å². The molecule has 5 fully saturated rings. The lowest BCUT2D eigenvalue weighted by Crippen LogP contribution is -2.55. The van der Waals surface area contributed by atoms with Crippen LogP contribution in [0.4, 0.5) is 0 Å². The minimum atomic E-state index is 0.336. The average molecular weight is 425 g/mol. The minimum Gasteiger partial charge on any atom is -0.299 e. The van der Waals surface area contributed by atoms with Crippen molar-refractivity contribution in [3.63, 3.8) is 0 Å². The Morgan fingerprint density at radius 3 is 2.45 bits per heavy atom. The molecule has 1 nitrogen and oxygen atoms in total.